The third kappa shape index (κ3) is 3.88. The molecule has 0 aliphatic heterocycles. The monoisotopic (exact) mass is 249 g/mol. The van der Waals surface area contributed by atoms with E-state index in [4.69, 9.17) is 0 Å². The quantitative estimate of drug-likeness (QED) is 0.489. The molecule has 1 aromatic carbocycles. The fraction of sp³-hybridized carbons (Fsp3) is 0.200. The average Bonchev–Trinajstić information content (AvgIpc) is 2.31. The van der Waals surface area contributed by atoms with Crippen LogP contribution in [0.1, 0.15) is 0 Å². The van der Waals surface area contributed by atoms with E-state index < -0.39 is 0 Å². The molecular formula is C15H20ClN. The zero-order chi connectivity index (χ0) is 11.9. The molecule has 0 aliphatic rings. The molecule has 17 heavy (non-hydrogen) atoms. The van der Waals surface area contributed by atoms with Crippen molar-refractivity contribution < 1.29 is 12.4 Å². The summed E-state index contributed by atoms with van der Waals surface area (Å²) in [7, 11) is 0. The van der Waals surface area contributed by atoms with E-state index in [9.17, 15) is 0 Å². The Labute approximate surface area is 111 Å². The van der Waals surface area contributed by atoms with Crippen LogP contribution in [-0.2, 0) is 0 Å². The van der Waals surface area contributed by atoms with Gasteiger partial charge in [0.2, 0.25) is 0 Å². The molecule has 0 spiro atoms. The first kappa shape index (κ1) is 15.7. The number of hydrogen-bond donors (Lipinski definition) is 0. The number of para-hydroxylation sites is 1. The van der Waals surface area contributed by atoms with Crippen LogP contribution in [0.5, 0.6) is 0 Å². The molecule has 0 unspecified atom stereocenters. The Morgan fingerprint density at radius 3 is 1.59 bits per heavy atom. The molecule has 1 rings (SSSR count). The zero-order valence-corrected chi connectivity index (χ0v) is 10.9. The third-order valence-electron chi connectivity index (χ3n) is 2.74. The first-order chi connectivity index (χ1) is 7.79. The second kappa shape index (κ2) is 7.88. The molecule has 0 amide bonds. The summed E-state index contributed by atoms with van der Waals surface area (Å²) in [6.45, 7) is 14.2. The van der Waals surface area contributed by atoms with E-state index in [0.29, 0.717) is 0 Å². The maximum atomic E-state index is 3.85. The molecule has 0 aliphatic carbocycles. The summed E-state index contributed by atoms with van der Waals surface area (Å²) in [4.78, 5) is 0. The van der Waals surface area contributed by atoms with Crippen molar-refractivity contribution in [1.29, 1.82) is 0 Å². The normalized spacial score (nSPS) is 10.1. The Hall–Kier alpha value is -1.31. The van der Waals surface area contributed by atoms with Gasteiger partial charge in [0.1, 0.15) is 25.3 Å². The third-order valence-corrected chi connectivity index (χ3v) is 2.74. The van der Waals surface area contributed by atoms with Crippen LogP contribution >= 0.6 is 0 Å². The highest BCUT2D eigenvalue weighted by atomic mass is 35.5. The van der Waals surface area contributed by atoms with Gasteiger partial charge in [-0.2, -0.15) is 0 Å². The molecule has 0 saturated carbocycles. The molecule has 0 radical (unpaired) electrons. The number of nitrogens with zero attached hydrogens (tertiary/aromatic N) is 1. The van der Waals surface area contributed by atoms with E-state index in [1.54, 1.807) is 0 Å². The molecule has 2 heteroatoms. The lowest BCUT2D eigenvalue weighted by Crippen LogP contribution is -3.00. The van der Waals surface area contributed by atoms with E-state index >= 15 is 0 Å². The predicted octanol–water partition coefficient (Wildman–Crippen LogP) is 0.556. The van der Waals surface area contributed by atoms with Crippen molar-refractivity contribution in [1.82, 2.24) is 4.48 Å². The fourth-order valence-electron chi connectivity index (χ4n) is 2.03. The van der Waals surface area contributed by atoms with Gasteiger partial charge < -0.3 is 12.4 Å². The van der Waals surface area contributed by atoms with Crippen LogP contribution < -0.4 is 16.9 Å². The number of halogens is 1. The van der Waals surface area contributed by atoms with E-state index in [1.165, 1.54) is 5.69 Å². The van der Waals surface area contributed by atoms with E-state index in [1.807, 2.05) is 24.3 Å². The molecule has 1 aromatic rings. The highest BCUT2D eigenvalue weighted by Crippen LogP contribution is 2.22. The zero-order valence-electron chi connectivity index (χ0n) is 10.2. The Bertz CT molecular complexity index is 330. The molecule has 0 saturated heterocycles. The molecule has 1 nitrogen and oxygen atoms in total. The second-order valence-electron chi connectivity index (χ2n) is 3.89. The highest BCUT2D eigenvalue weighted by Gasteiger charge is 2.25. The average molecular weight is 250 g/mol. The van der Waals surface area contributed by atoms with E-state index in [2.05, 4.69) is 44.0 Å². The summed E-state index contributed by atoms with van der Waals surface area (Å²) >= 11 is 0. The van der Waals surface area contributed by atoms with Gasteiger partial charge in [0.15, 0.2) is 0 Å². The number of quaternary nitrogens is 1. The summed E-state index contributed by atoms with van der Waals surface area (Å²) in [6.07, 6.45) is 5.88. The first-order valence-corrected chi connectivity index (χ1v) is 5.53. The van der Waals surface area contributed by atoms with E-state index in [-0.39, 0.29) is 12.4 Å². The van der Waals surface area contributed by atoms with Gasteiger partial charge in [-0.05, 0) is 30.4 Å². The minimum atomic E-state index is 0. The Morgan fingerprint density at radius 2 is 1.24 bits per heavy atom. The Morgan fingerprint density at radius 1 is 0.824 bits per heavy atom. The van der Waals surface area contributed by atoms with Crippen molar-refractivity contribution in [2.24, 2.45) is 0 Å². The standard InChI is InChI=1S/C15H20N.ClH/c1-4-12-16(13-5-2,14-6-3)15-10-8-7-9-11-15;/h4-11H,1-3,12-14H2;1H/q+1;/p-1. The van der Waals surface area contributed by atoms with Gasteiger partial charge in [0, 0.05) is 0 Å². The van der Waals surface area contributed by atoms with Crippen LogP contribution in [0.25, 0.3) is 0 Å². The molecular weight excluding hydrogens is 230 g/mol. The summed E-state index contributed by atoms with van der Waals surface area (Å²) in [5, 5.41) is 0. The van der Waals surface area contributed by atoms with Crippen molar-refractivity contribution >= 4 is 5.69 Å². The van der Waals surface area contributed by atoms with Gasteiger partial charge in [-0.15, -0.1) is 0 Å². The molecule has 0 aromatic heterocycles. The maximum absolute atomic E-state index is 3.85. The molecule has 0 N–H and O–H groups in total. The molecule has 0 fully saturated rings. The van der Waals surface area contributed by atoms with E-state index in [0.717, 1.165) is 24.1 Å². The minimum Gasteiger partial charge on any atom is -1.00 e. The van der Waals surface area contributed by atoms with Crippen molar-refractivity contribution in [3.63, 3.8) is 0 Å². The molecule has 0 heterocycles. The van der Waals surface area contributed by atoms with Gasteiger partial charge in [-0.1, -0.05) is 37.9 Å². The van der Waals surface area contributed by atoms with Gasteiger partial charge >= 0.3 is 0 Å². The minimum absolute atomic E-state index is 0. The Kier molecular flexibility index (Phi) is 7.27. The van der Waals surface area contributed by atoms with Crippen molar-refractivity contribution in [2.75, 3.05) is 19.6 Å². The molecule has 0 bridgehead atoms. The highest BCUT2D eigenvalue weighted by molar-refractivity contribution is 5.44. The van der Waals surface area contributed by atoms with Gasteiger partial charge in [0.05, 0.1) is 0 Å². The Balaban J connectivity index is 0.00000256. The predicted molar refractivity (Wildman–Crippen MR) is 73.4 cm³/mol. The maximum Gasteiger partial charge on any atom is 0.133 e. The lowest BCUT2D eigenvalue weighted by atomic mass is 10.2. The second-order valence-corrected chi connectivity index (χ2v) is 3.89. The van der Waals surface area contributed by atoms with Crippen LogP contribution in [0, 0.1) is 0 Å². The van der Waals surface area contributed by atoms with Gasteiger partial charge in [-0.3, -0.25) is 4.48 Å². The van der Waals surface area contributed by atoms with Crippen LogP contribution in [0.15, 0.2) is 68.3 Å². The van der Waals surface area contributed by atoms with Crippen molar-refractivity contribution in [2.45, 2.75) is 0 Å². The van der Waals surface area contributed by atoms with Crippen molar-refractivity contribution in [3.8, 4) is 0 Å². The smallest absolute Gasteiger partial charge is 0.133 e. The lowest BCUT2D eigenvalue weighted by Gasteiger charge is -2.35. The summed E-state index contributed by atoms with van der Waals surface area (Å²) in [5.41, 5.74) is 1.28. The topological polar surface area (TPSA) is 0 Å². The summed E-state index contributed by atoms with van der Waals surface area (Å²) < 4.78 is 0.817. The van der Waals surface area contributed by atoms with Crippen molar-refractivity contribution in [3.05, 3.63) is 68.3 Å². The van der Waals surface area contributed by atoms with Crippen LogP contribution in [0.2, 0.25) is 0 Å². The van der Waals surface area contributed by atoms with Crippen LogP contribution in [0.3, 0.4) is 0 Å². The first-order valence-electron chi connectivity index (χ1n) is 5.53. The van der Waals surface area contributed by atoms with Crippen LogP contribution in [-0.4, -0.2) is 19.6 Å². The van der Waals surface area contributed by atoms with Gasteiger partial charge in [-0.25, -0.2) is 0 Å². The van der Waals surface area contributed by atoms with Gasteiger partial charge in [0.25, 0.3) is 0 Å². The largest absolute Gasteiger partial charge is 1.00 e. The number of hydrogen-bond acceptors (Lipinski definition) is 0. The summed E-state index contributed by atoms with van der Waals surface area (Å²) in [6, 6.07) is 10.5. The fourth-order valence-corrected chi connectivity index (χ4v) is 2.03. The number of rotatable bonds is 7. The van der Waals surface area contributed by atoms with Crippen LogP contribution in [0.4, 0.5) is 5.69 Å². The SMILES string of the molecule is C=CC[N+](CC=C)(CC=C)c1ccccc1.[Cl-]. The molecule has 0 atom stereocenters. The lowest BCUT2D eigenvalue weighted by molar-refractivity contribution is -0.00000332. The number of benzene rings is 1. The molecule has 92 valence electrons. The summed E-state index contributed by atoms with van der Waals surface area (Å²) in [5.74, 6) is 0.